The zero-order chi connectivity index (χ0) is 16.3. The van der Waals surface area contributed by atoms with E-state index in [9.17, 15) is 0 Å². The van der Waals surface area contributed by atoms with Crippen LogP contribution in [0.4, 0.5) is 0 Å². The average molecular weight is 401 g/mol. The van der Waals surface area contributed by atoms with Crippen LogP contribution in [0.1, 0.15) is 25.3 Å². The Kier molecular flexibility index (Phi) is 5.49. The highest BCUT2D eigenvalue weighted by Crippen LogP contribution is 2.38. The van der Waals surface area contributed by atoms with Crippen LogP contribution in [0.3, 0.4) is 0 Å². The number of benzene rings is 1. The Morgan fingerprint density at radius 3 is 3.04 bits per heavy atom. The fourth-order valence-electron chi connectivity index (χ4n) is 3.32. The summed E-state index contributed by atoms with van der Waals surface area (Å²) < 4.78 is 6.61. The summed E-state index contributed by atoms with van der Waals surface area (Å²) in [7, 11) is 0. The van der Waals surface area contributed by atoms with E-state index in [1.165, 1.54) is 12.8 Å². The predicted octanol–water partition coefficient (Wildman–Crippen LogP) is 3.68. The number of rotatable bonds is 3. The topological polar surface area (TPSA) is 36.9 Å². The number of halogens is 2. The van der Waals surface area contributed by atoms with Crippen molar-refractivity contribution in [1.29, 1.82) is 0 Å². The van der Waals surface area contributed by atoms with E-state index in [0.29, 0.717) is 12.0 Å². The van der Waals surface area contributed by atoms with Crippen molar-refractivity contribution in [3.8, 4) is 0 Å². The van der Waals surface area contributed by atoms with Gasteiger partial charge in [0.2, 0.25) is 0 Å². The summed E-state index contributed by atoms with van der Waals surface area (Å²) >= 11 is 9.73. The molecule has 1 aromatic carbocycles. The number of nitrogens with zero attached hydrogens (tertiary/aromatic N) is 2. The number of nitrogens with one attached hydrogen (secondary N) is 1. The zero-order valence-corrected chi connectivity index (χ0v) is 15.8. The molecule has 126 valence electrons. The van der Waals surface area contributed by atoms with Crippen molar-refractivity contribution < 1.29 is 4.74 Å². The van der Waals surface area contributed by atoms with Crippen LogP contribution in [-0.4, -0.2) is 43.7 Å². The van der Waals surface area contributed by atoms with Crippen LogP contribution in [0.2, 0.25) is 5.02 Å². The predicted molar refractivity (Wildman–Crippen MR) is 98.0 cm³/mol. The van der Waals surface area contributed by atoms with Gasteiger partial charge in [-0.2, -0.15) is 0 Å². The molecule has 1 unspecified atom stereocenters. The molecule has 0 amide bonds. The number of hydrogen-bond donors (Lipinski definition) is 1. The second-order valence-electron chi connectivity index (χ2n) is 6.38. The lowest BCUT2D eigenvalue weighted by Crippen LogP contribution is -2.41. The van der Waals surface area contributed by atoms with Gasteiger partial charge in [0, 0.05) is 41.2 Å². The molecular weight excluding hydrogens is 378 g/mol. The lowest BCUT2D eigenvalue weighted by atomic mass is 9.87. The number of ether oxygens (including phenoxy) is 1. The Balaban J connectivity index is 1.71. The molecule has 0 aliphatic carbocycles. The number of guanidine groups is 1. The average Bonchev–Trinajstić information content (AvgIpc) is 3.16. The summed E-state index contributed by atoms with van der Waals surface area (Å²) in [5, 5.41) is 4.17. The first-order chi connectivity index (χ1) is 11.1. The summed E-state index contributed by atoms with van der Waals surface area (Å²) in [6.45, 7) is 7.43. The molecule has 2 heterocycles. The van der Waals surface area contributed by atoms with Gasteiger partial charge in [-0.15, -0.1) is 0 Å². The molecular formula is C17H23BrClN3O. The van der Waals surface area contributed by atoms with Crippen molar-refractivity contribution in [3.05, 3.63) is 33.3 Å². The SMILES string of the molecule is CCNC(=NCc1ccc(Br)cc1Cl)N1CCC2(CCOC2)C1. The van der Waals surface area contributed by atoms with Gasteiger partial charge < -0.3 is 15.0 Å². The first-order valence-corrected chi connectivity index (χ1v) is 9.34. The van der Waals surface area contributed by atoms with E-state index < -0.39 is 0 Å². The largest absolute Gasteiger partial charge is 0.381 e. The highest BCUT2D eigenvalue weighted by molar-refractivity contribution is 9.10. The lowest BCUT2D eigenvalue weighted by molar-refractivity contribution is 0.156. The Morgan fingerprint density at radius 1 is 1.48 bits per heavy atom. The Bertz CT molecular complexity index is 587. The second kappa shape index (κ2) is 7.41. The van der Waals surface area contributed by atoms with Gasteiger partial charge in [0.15, 0.2) is 5.96 Å². The minimum absolute atomic E-state index is 0.339. The summed E-state index contributed by atoms with van der Waals surface area (Å²) in [5.41, 5.74) is 1.38. The van der Waals surface area contributed by atoms with Crippen molar-refractivity contribution in [1.82, 2.24) is 10.2 Å². The normalized spacial score (nSPS) is 24.7. The van der Waals surface area contributed by atoms with E-state index in [2.05, 4.69) is 33.1 Å². The minimum Gasteiger partial charge on any atom is -0.381 e. The fraction of sp³-hybridized carbons (Fsp3) is 0.588. The number of likely N-dealkylation sites (tertiary alicyclic amines) is 1. The Labute approximate surface area is 151 Å². The molecule has 4 nitrogen and oxygen atoms in total. The molecule has 3 rings (SSSR count). The standard InChI is InChI=1S/C17H23BrClN3O/c1-2-20-16(21-10-13-3-4-14(18)9-15(13)19)22-7-5-17(11-22)6-8-23-12-17/h3-4,9H,2,5-8,10-12H2,1H3,(H,20,21). The first kappa shape index (κ1) is 17.1. The molecule has 2 aliphatic heterocycles. The van der Waals surface area contributed by atoms with Gasteiger partial charge in [-0.1, -0.05) is 33.6 Å². The van der Waals surface area contributed by atoms with E-state index in [1.54, 1.807) is 0 Å². The van der Waals surface area contributed by atoms with Gasteiger partial charge in [-0.25, -0.2) is 4.99 Å². The maximum Gasteiger partial charge on any atom is 0.194 e. The second-order valence-corrected chi connectivity index (χ2v) is 7.70. The molecule has 6 heteroatoms. The highest BCUT2D eigenvalue weighted by Gasteiger charge is 2.42. The third-order valence-electron chi connectivity index (χ3n) is 4.67. The zero-order valence-electron chi connectivity index (χ0n) is 13.4. The van der Waals surface area contributed by atoms with Crippen molar-refractivity contribution >= 4 is 33.5 Å². The van der Waals surface area contributed by atoms with E-state index >= 15 is 0 Å². The number of aliphatic imine (C=N–C) groups is 1. The summed E-state index contributed by atoms with van der Waals surface area (Å²) in [6.07, 6.45) is 2.36. The molecule has 0 radical (unpaired) electrons. The molecule has 0 bridgehead atoms. The quantitative estimate of drug-likeness (QED) is 0.621. The van der Waals surface area contributed by atoms with Crippen LogP contribution < -0.4 is 5.32 Å². The summed E-state index contributed by atoms with van der Waals surface area (Å²) in [4.78, 5) is 7.17. The van der Waals surface area contributed by atoms with Crippen LogP contribution in [0.25, 0.3) is 0 Å². The van der Waals surface area contributed by atoms with E-state index in [0.717, 1.165) is 53.9 Å². The number of hydrogen-bond acceptors (Lipinski definition) is 2. The molecule has 1 aromatic rings. The molecule has 23 heavy (non-hydrogen) atoms. The van der Waals surface area contributed by atoms with Gasteiger partial charge in [-0.3, -0.25) is 0 Å². The fourth-order valence-corrected chi connectivity index (χ4v) is 4.06. The van der Waals surface area contributed by atoms with E-state index in [4.69, 9.17) is 21.3 Å². The third-order valence-corrected chi connectivity index (χ3v) is 5.52. The van der Waals surface area contributed by atoms with Gasteiger partial charge in [0.05, 0.1) is 13.2 Å². The van der Waals surface area contributed by atoms with Crippen molar-refractivity contribution in [2.45, 2.75) is 26.3 Å². The maximum absolute atomic E-state index is 6.30. The van der Waals surface area contributed by atoms with Crippen LogP contribution >= 0.6 is 27.5 Å². The maximum atomic E-state index is 6.30. The third kappa shape index (κ3) is 4.01. The van der Waals surface area contributed by atoms with Gasteiger partial charge >= 0.3 is 0 Å². The van der Waals surface area contributed by atoms with Crippen LogP contribution in [0.5, 0.6) is 0 Å². The molecule has 2 saturated heterocycles. The van der Waals surface area contributed by atoms with Crippen molar-refractivity contribution in [3.63, 3.8) is 0 Å². The van der Waals surface area contributed by atoms with Crippen molar-refractivity contribution in [2.24, 2.45) is 10.4 Å². The minimum atomic E-state index is 0.339. The van der Waals surface area contributed by atoms with Crippen molar-refractivity contribution in [2.75, 3.05) is 32.8 Å². The molecule has 1 atom stereocenters. The van der Waals surface area contributed by atoms with E-state index in [-0.39, 0.29) is 0 Å². The van der Waals surface area contributed by atoms with E-state index in [1.807, 2.05) is 18.2 Å². The van der Waals surface area contributed by atoms with Gasteiger partial charge in [0.1, 0.15) is 0 Å². The van der Waals surface area contributed by atoms with Gasteiger partial charge in [-0.05, 0) is 37.5 Å². The molecule has 0 saturated carbocycles. The molecule has 1 N–H and O–H groups in total. The summed E-state index contributed by atoms with van der Waals surface area (Å²) in [6, 6.07) is 5.94. The molecule has 0 aromatic heterocycles. The van der Waals surface area contributed by atoms with Gasteiger partial charge in [0.25, 0.3) is 0 Å². The lowest BCUT2D eigenvalue weighted by Gasteiger charge is -2.25. The highest BCUT2D eigenvalue weighted by atomic mass is 79.9. The molecule has 1 spiro atoms. The molecule has 2 fully saturated rings. The Morgan fingerprint density at radius 2 is 2.35 bits per heavy atom. The smallest absolute Gasteiger partial charge is 0.194 e. The monoisotopic (exact) mass is 399 g/mol. The van der Waals surface area contributed by atoms with Crippen LogP contribution in [0.15, 0.2) is 27.7 Å². The summed E-state index contributed by atoms with van der Waals surface area (Å²) in [5.74, 6) is 0.982. The molecule has 2 aliphatic rings. The Hall–Kier alpha value is -0.780. The van der Waals surface area contributed by atoms with Crippen LogP contribution in [0, 0.1) is 5.41 Å². The van der Waals surface area contributed by atoms with Crippen LogP contribution in [-0.2, 0) is 11.3 Å². The first-order valence-electron chi connectivity index (χ1n) is 8.17.